The second-order valence-electron chi connectivity index (χ2n) is 5.21. The highest BCUT2D eigenvalue weighted by Crippen LogP contribution is 2.25. The molecule has 4 nitrogen and oxygen atoms in total. The summed E-state index contributed by atoms with van der Waals surface area (Å²) in [5.41, 5.74) is 0.949. The van der Waals surface area contributed by atoms with E-state index in [1.165, 1.54) is 19.2 Å². The second-order valence-corrected chi connectivity index (χ2v) is 5.21. The second kappa shape index (κ2) is 5.67. The summed E-state index contributed by atoms with van der Waals surface area (Å²) in [5, 5.41) is 3.27. The van der Waals surface area contributed by atoms with Crippen molar-refractivity contribution in [3.8, 4) is 0 Å². The Morgan fingerprint density at radius 2 is 2.26 bits per heavy atom. The van der Waals surface area contributed by atoms with Crippen molar-refractivity contribution < 1.29 is 18.7 Å². The number of nitrogens with one attached hydrogen (secondary N) is 1. The molecule has 0 aliphatic carbocycles. The summed E-state index contributed by atoms with van der Waals surface area (Å²) in [5.74, 6) is -1.21. The van der Waals surface area contributed by atoms with Crippen molar-refractivity contribution in [2.75, 3.05) is 26.9 Å². The highest BCUT2D eigenvalue weighted by atomic mass is 19.1. The SMILES string of the molecule is COC(=O)c1ccc(CNCC2(C)COC2)cc1F. The average molecular weight is 267 g/mol. The molecule has 0 saturated carbocycles. The van der Waals surface area contributed by atoms with Crippen LogP contribution in [-0.4, -0.2) is 32.8 Å². The van der Waals surface area contributed by atoms with Crippen molar-refractivity contribution in [3.05, 3.63) is 35.1 Å². The maximum atomic E-state index is 13.7. The molecule has 0 atom stereocenters. The highest BCUT2D eigenvalue weighted by Gasteiger charge is 2.32. The molecule has 1 fully saturated rings. The quantitative estimate of drug-likeness (QED) is 0.825. The largest absolute Gasteiger partial charge is 0.465 e. The van der Waals surface area contributed by atoms with E-state index in [0.29, 0.717) is 6.54 Å². The van der Waals surface area contributed by atoms with Crippen LogP contribution in [0.2, 0.25) is 0 Å². The molecule has 104 valence electrons. The molecule has 1 heterocycles. The van der Waals surface area contributed by atoms with E-state index >= 15 is 0 Å². The smallest absolute Gasteiger partial charge is 0.340 e. The number of methoxy groups -OCH3 is 1. The zero-order valence-electron chi connectivity index (χ0n) is 11.2. The molecule has 1 aliphatic heterocycles. The summed E-state index contributed by atoms with van der Waals surface area (Å²) < 4.78 is 23.3. The van der Waals surface area contributed by atoms with Crippen LogP contribution in [0.25, 0.3) is 0 Å². The number of esters is 1. The first-order valence-electron chi connectivity index (χ1n) is 6.19. The molecule has 0 amide bonds. The molecule has 1 saturated heterocycles. The molecule has 0 unspecified atom stereocenters. The lowest BCUT2D eigenvalue weighted by Crippen LogP contribution is -2.47. The van der Waals surface area contributed by atoms with Crippen LogP contribution in [-0.2, 0) is 16.0 Å². The van der Waals surface area contributed by atoms with Crippen LogP contribution < -0.4 is 5.32 Å². The van der Waals surface area contributed by atoms with Crippen LogP contribution in [0, 0.1) is 11.2 Å². The van der Waals surface area contributed by atoms with Gasteiger partial charge in [0.15, 0.2) is 0 Å². The molecule has 5 heteroatoms. The fraction of sp³-hybridized carbons (Fsp3) is 0.500. The van der Waals surface area contributed by atoms with E-state index < -0.39 is 11.8 Å². The maximum Gasteiger partial charge on any atom is 0.340 e. The van der Waals surface area contributed by atoms with E-state index in [-0.39, 0.29) is 11.0 Å². The van der Waals surface area contributed by atoms with Crippen molar-refractivity contribution in [2.45, 2.75) is 13.5 Å². The average Bonchev–Trinajstić information content (AvgIpc) is 2.36. The minimum Gasteiger partial charge on any atom is -0.465 e. The first-order valence-corrected chi connectivity index (χ1v) is 6.19. The molecular formula is C14H18FNO3. The monoisotopic (exact) mass is 267 g/mol. The molecule has 0 spiro atoms. The molecule has 0 radical (unpaired) electrons. The summed E-state index contributed by atoms with van der Waals surface area (Å²) in [6.45, 7) is 5.05. The Labute approximate surface area is 111 Å². The predicted molar refractivity (Wildman–Crippen MR) is 68.4 cm³/mol. The minimum absolute atomic E-state index is 0.0365. The van der Waals surface area contributed by atoms with Crippen LogP contribution >= 0.6 is 0 Å². The van der Waals surface area contributed by atoms with E-state index in [9.17, 15) is 9.18 Å². The number of carbonyl (C=O) groups is 1. The summed E-state index contributed by atoms with van der Waals surface area (Å²) in [6.07, 6.45) is 0. The van der Waals surface area contributed by atoms with Crippen molar-refractivity contribution in [2.24, 2.45) is 5.41 Å². The first-order chi connectivity index (χ1) is 9.04. The van der Waals surface area contributed by atoms with Gasteiger partial charge in [-0.15, -0.1) is 0 Å². The predicted octanol–water partition coefficient (Wildman–Crippen LogP) is 1.74. The van der Waals surface area contributed by atoms with Gasteiger partial charge in [-0.2, -0.15) is 0 Å². The molecule has 0 aromatic heterocycles. The number of benzene rings is 1. The summed E-state index contributed by atoms with van der Waals surface area (Å²) in [4.78, 5) is 11.2. The third kappa shape index (κ3) is 3.30. The van der Waals surface area contributed by atoms with Gasteiger partial charge in [-0.1, -0.05) is 13.0 Å². The van der Waals surface area contributed by atoms with E-state index in [1.54, 1.807) is 6.07 Å². The normalized spacial score (nSPS) is 16.8. The zero-order chi connectivity index (χ0) is 13.9. The Bertz CT molecular complexity index is 472. The molecule has 1 aromatic rings. The van der Waals surface area contributed by atoms with Crippen molar-refractivity contribution in [1.29, 1.82) is 0 Å². The number of rotatable bonds is 5. The lowest BCUT2D eigenvalue weighted by atomic mass is 9.89. The highest BCUT2D eigenvalue weighted by molar-refractivity contribution is 5.89. The molecule has 1 N–H and O–H groups in total. The Kier molecular flexibility index (Phi) is 4.17. The summed E-state index contributed by atoms with van der Waals surface area (Å²) in [7, 11) is 1.23. The number of hydrogen-bond donors (Lipinski definition) is 1. The van der Waals surface area contributed by atoms with Gasteiger partial charge in [0.1, 0.15) is 5.82 Å². The van der Waals surface area contributed by atoms with E-state index in [0.717, 1.165) is 25.3 Å². The van der Waals surface area contributed by atoms with Gasteiger partial charge in [0.25, 0.3) is 0 Å². The van der Waals surface area contributed by atoms with Crippen molar-refractivity contribution >= 4 is 5.97 Å². The van der Waals surface area contributed by atoms with E-state index in [2.05, 4.69) is 17.0 Å². The molecule has 2 rings (SSSR count). The topological polar surface area (TPSA) is 47.6 Å². The lowest BCUT2D eigenvalue weighted by molar-refractivity contribution is -0.0991. The molecule has 1 aliphatic rings. The van der Waals surface area contributed by atoms with Gasteiger partial charge in [0.2, 0.25) is 0 Å². The lowest BCUT2D eigenvalue weighted by Gasteiger charge is -2.38. The fourth-order valence-corrected chi connectivity index (χ4v) is 2.01. The van der Waals surface area contributed by atoms with Gasteiger partial charge in [0, 0.05) is 18.5 Å². The van der Waals surface area contributed by atoms with Gasteiger partial charge >= 0.3 is 5.97 Å². The number of ether oxygens (including phenoxy) is 2. The Morgan fingerprint density at radius 3 is 2.79 bits per heavy atom. The number of hydrogen-bond acceptors (Lipinski definition) is 4. The van der Waals surface area contributed by atoms with Gasteiger partial charge in [-0.25, -0.2) is 9.18 Å². The fourth-order valence-electron chi connectivity index (χ4n) is 2.01. The van der Waals surface area contributed by atoms with E-state index in [4.69, 9.17) is 4.74 Å². The molecular weight excluding hydrogens is 249 g/mol. The van der Waals surface area contributed by atoms with Gasteiger partial charge in [0.05, 0.1) is 25.9 Å². The Hall–Kier alpha value is -1.46. The first kappa shape index (κ1) is 14.0. The van der Waals surface area contributed by atoms with Crippen molar-refractivity contribution in [3.63, 3.8) is 0 Å². The van der Waals surface area contributed by atoms with Gasteiger partial charge in [-0.05, 0) is 17.7 Å². The number of halogens is 1. The number of carbonyl (C=O) groups excluding carboxylic acids is 1. The Morgan fingerprint density at radius 1 is 1.53 bits per heavy atom. The Balaban J connectivity index is 1.90. The van der Waals surface area contributed by atoms with Gasteiger partial charge in [-0.3, -0.25) is 0 Å². The van der Waals surface area contributed by atoms with Crippen molar-refractivity contribution in [1.82, 2.24) is 5.32 Å². The van der Waals surface area contributed by atoms with Crippen LogP contribution in [0.4, 0.5) is 4.39 Å². The van der Waals surface area contributed by atoms with Crippen LogP contribution in [0.15, 0.2) is 18.2 Å². The minimum atomic E-state index is -0.656. The summed E-state index contributed by atoms with van der Waals surface area (Å²) in [6, 6.07) is 4.53. The maximum absolute atomic E-state index is 13.7. The molecule has 0 bridgehead atoms. The van der Waals surface area contributed by atoms with Crippen LogP contribution in [0.3, 0.4) is 0 Å². The van der Waals surface area contributed by atoms with E-state index in [1.807, 2.05) is 0 Å². The standard InChI is InChI=1S/C14H18FNO3/c1-14(8-19-9-14)7-16-6-10-3-4-11(12(15)5-10)13(17)18-2/h3-5,16H,6-9H2,1-2H3. The molecule has 1 aromatic carbocycles. The summed E-state index contributed by atoms with van der Waals surface area (Å²) >= 11 is 0. The van der Waals surface area contributed by atoms with Crippen LogP contribution in [0.1, 0.15) is 22.8 Å². The van der Waals surface area contributed by atoms with Gasteiger partial charge < -0.3 is 14.8 Å². The third-order valence-corrected chi connectivity index (χ3v) is 3.22. The third-order valence-electron chi connectivity index (χ3n) is 3.22. The molecule has 19 heavy (non-hydrogen) atoms. The zero-order valence-corrected chi connectivity index (χ0v) is 11.2. The van der Waals surface area contributed by atoms with Crippen LogP contribution in [0.5, 0.6) is 0 Å².